The van der Waals surface area contributed by atoms with Gasteiger partial charge in [-0.15, -0.1) is 0 Å². The molecule has 0 aromatic rings. The maximum Gasteiger partial charge on any atom is 0.328 e. The highest BCUT2D eigenvalue weighted by atomic mass is 16.4. The van der Waals surface area contributed by atoms with Crippen molar-refractivity contribution in [1.29, 1.82) is 0 Å². The minimum absolute atomic E-state index is 0.465. The topological polar surface area (TPSA) is 165 Å². The third kappa shape index (κ3) is 5.33. The van der Waals surface area contributed by atoms with Gasteiger partial charge < -0.3 is 20.4 Å². The largest absolute Gasteiger partial charge is 0.481 e. The van der Waals surface area contributed by atoms with Gasteiger partial charge in [-0.25, -0.2) is 9.59 Å². The van der Waals surface area contributed by atoms with Crippen LogP contribution in [0.4, 0.5) is 0 Å². The van der Waals surface area contributed by atoms with Crippen LogP contribution in [0.5, 0.6) is 0 Å². The minimum Gasteiger partial charge on any atom is -0.481 e. The lowest BCUT2D eigenvalue weighted by Crippen LogP contribution is -2.49. The van der Waals surface area contributed by atoms with E-state index in [-0.39, 0.29) is 0 Å². The summed E-state index contributed by atoms with van der Waals surface area (Å²) >= 11 is 0. The van der Waals surface area contributed by atoms with Gasteiger partial charge >= 0.3 is 23.9 Å². The van der Waals surface area contributed by atoms with Crippen LogP contribution in [0.25, 0.3) is 0 Å². The average molecular weight is 290 g/mol. The van der Waals surface area contributed by atoms with Crippen LogP contribution in [0.15, 0.2) is 5.10 Å². The Balaban J connectivity index is 5.52. The Morgan fingerprint density at radius 3 is 1.50 bits per heavy atom. The number of hydrazone groups is 1. The second-order valence-electron chi connectivity index (χ2n) is 3.66. The molecule has 0 saturated carbocycles. The zero-order valence-electron chi connectivity index (χ0n) is 10.5. The van der Waals surface area contributed by atoms with Gasteiger partial charge in [0.2, 0.25) is 0 Å². The highest BCUT2D eigenvalue weighted by Gasteiger charge is 2.37. The van der Waals surface area contributed by atoms with Crippen molar-refractivity contribution in [2.45, 2.75) is 31.8 Å². The summed E-state index contributed by atoms with van der Waals surface area (Å²) in [4.78, 5) is 43.4. The standard InChI is InChI=1S/C10H14N2O8/c1-2-11-12(5(9(17)18)3-7(13)14)6(10(19)20)4-8(15)16/h2,5-6H,3-4H2,1H3,(H,13,14)(H,15,16)(H,17,18)(H,19,20). The summed E-state index contributed by atoms with van der Waals surface area (Å²) < 4.78 is 0. The molecule has 20 heavy (non-hydrogen) atoms. The molecule has 2 atom stereocenters. The van der Waals surface area contributed by atoms with Gasteiger partial charge in [-0.2, -0.15) is 5.10 Å². The van der Waals surface area contributed by atoms with E-state index in [2.05, 4.69) is 5.10 Å². The number of rotatable bonds is 9. The first-order chi connectivity index (χ1) is 9.20. The number of aliphatic carboxylic acids is 4. The van der Waals surface area contributed by atoms with Gasteiger partial charge in [0.15, 0.2) is 12.1 Å². The Kier molecular flexibility index (Phi) is 6.69. The van der Waals surface area contributed by atoms with Gasteiger partial charge in [-0.1, -0.05) is 0 Å². The highest BCUT2D eigenvalue weighted by Crippen LogP contribution is 2.14. The Hall–Kier alpha value is -2.65. The smallest absolute Gasteiger partial charge is 0.328 e. The number of nitrogens with zero attached hydrogens (tertiary/aromatic N) is 2. The third-order valence-electron chi connectivity index (χ3n) is 2.19. The van der Waals surface area contributed by atoms with Crippen molar-refractivity contribution in [3.05, 3.63) is 0 Å². The molecular formula is C10H14N2O8. The van der Waals surface area contributed by atoms with Crippen LogP contribution in [0.3, 0.4) is 0 Å². The van der Waals surface area contributed by atoms with Crippen LogP contribution >= 0.6 is 0 Å². The molecule has 0 aliphatic carbocycles. The quantitative estimate of drug-likeness (QED) is 0.312. The van der Waals surface area contributed by atoms with Gasteiger partial charge in [0.1, 0.15) is 0 Å². The summed E-state index contributed by atoms with van der Waals surface area (Å²) in [5.74, 6) is -6.19. The van der Waals surface area contributed by atoms with E-state index >= 15 is 0 Å². The first kappa shape index (κ1) is 17.4. The van der Waals surface area contributed by atoms with Crippen LogP contribution in [-0.4, -0.2) is 67.6 Å². The van der Waals surface area contributed by atoms with Crippen molar-refractivity contribution in [2.24, 2.45) is 5.10 Å². The number of carboxylic acid groups (broad SMARTS) is 4. The maximum absolute atomic E-state index is 11.0. The molecule has 0 heterocycles. The SMILES string of the molecule is CC=NN(C(CC(=O)O)C(=O)O)C(CC(=O)O)C(=O)O. The van der Waals surface area contributed by atoms with Crippen LogP contribution in [0, 0.1) is 0 Å². The van der Waals surface area contributed by atoms with Crippen LogP contribution < -0.4 is 0 Å². The van der Waals surface area contributed by atoms with E-state index in [1.807, 2.05) is 0 Å². The molecule has 0 aromatic heterocycles. The molecule has 0 amide bonds. The summed E-state index contributed by atoms with van der Waals surface area (Å²) in [6.45, 7) is 1.35. The number of hydrogen-bond acceptors (Lipinski definition) is 6. The molecule has 0 aliphatic rings. The normalized spacial score (nSPS) is 13.7. The van der Waals surface area contributed by atoms with Crippen LogP contribution in [-0.2, 0) is 19.2 Å². The molecule has 10 heteroatoms. The van der Waals surface area contributed by atoms with E-state index in [0.717, 1.165) is 6.21 Å². The maximum atomic E-state index is 11.0. The molecule has 0 aromatic carbocycles. The summed E-state index contributed by atoms with van der Waals surface area (Å²) in [7, 11) is 0. The lowest BCUT2D eigenvalue weighted by Gasteiger charge is -2.29. The highest BCUT2D eigenvalue weighted by molar-refractivity contribution is 5.84. The fraction of sp³-hybridized carbons (Fsp3) is 0.500. The van der Waals surface area contributed by atoms with Crippen molar-refractivity contribution in [3.63, 3.8) is 0 Å². The first-order valence-corrected chi connectivity index (χ1v) is 5.36. The van der Waals surface area contributed by atoms with Crippen molar-refractivity contribution < 1.29 is 39.6 Å². The molecular weight excluding hydrogens is 276 g/mol. The van der Waals surface area contributed by atoms with Crippen molar-refractivity contribution in [1.82, 2.24) is 5.01 Å². The summed E-state index contributed by atoms with van der Waals surface area (Å²) in [6, 6.07) is -3.58. The molecule has 0 aliphatic heterocycles. The molecule has 112 valence electrons. The van der Waals surface area contributed by atoms with Gasteiger partial charge in [0, 0.05) is 6.21 Å². The summed E-state index contributed by atoms with van der Waals surface area (Å²) in [5.41, 5.74) is 0. The fourth-order valence-electron chi connectivity index (χ4n) is 1.43. The molecule has 10 nitrogen and oxygen atoms in total. The summed E-state index contributed by atoms with van der Waals surface area (Å²) in [6.07, 6.45) is -0.790. The van der Waals surface area contributed by atoms with Crippen LogP contribution in [0.1, 0.15) is 19.8 Å². The Morgan fingerprint density at radius 2 is 1.30 bits per heavy atom. The molecule has 0 saturated heterocycles. The molecule has 0 spiro atoms. The number of carboxylic acids is 4. The zero-order valence-corrected chi connectivity index (χ0v) is 10.5. The van der Waals surface area contributed by atoms with Crippen molar-refractivity contribution in [2.75, 3.05) is 0 Å². The van der Waals surface area contributed by atoms with E-state index < -0.39 is 48.8 Å². The second kappa shape index (κ2) is 7.71. The molecule has 2 unspecified atom stereocenters. The third-order valence-corrected chi connectivity index (χ3v) is 2.19. The molecule has 0 bridgehead atoms. The molecule has 4 N–H and O–H groups in total. The molecule has 0 radical (unpaired) electrons. The van der Waals surface area contributed by atoms with E-state index in [1.54, 1.807) is 0 Å². The number of hydrogen-bond donors (Lipinski definition) is 4. The summed E-state index contributed by atoms with van der Waals surface area (Å²) in [5, 5.41) is 39.2. The lowest BCUT2D eigenvalue weighted by molar-refractivity contribution is -0.158. The van der Waals surface area contributed by atoms with E-state index in [0.29, 0.717) is 5.01 Å². The van der Waals surface area contributed by atoms with E-state index in [4.69, 9.17) is 20.4 Å². The fourth-order valence-corrected chi connectivity index (χ4v) is 1.43. The molecule has 0 rings (SSSR count). The first-order valence-electron chi connectivity index (χ1n) is 5.36. The minimum atomic E-state index is -1.79. The van der Waals surface area contributed by atoms with E-state index in [1.165, 1.54) is 6.92 Å². The van der Waals surface area contributed by atoms with Gasteiger partial charge in [0.25, 0.3) is 0 Å². The monoisotopic (exact) mass is 290 g/mol. The van der Waals surface area contributed by atoms with Crippen molar-refractivity contribution >= 4 is 30.1 Å². The van der Waals surface area contributed by atoms with E-state index in [9.17, 15) is 19.2 Å². The molecule has 0 fully saturated rings. The number of carbonyl (C=O) groups is 4. The lowest BCUT2D eigenvalue weighted by atomic mass is 10.1. The van der Waals surface area contributed by atoms with Gasteiger partial charge in [-0.05, 0) is 6.92 Å². The Bertz CT molecular complexity index is 399. The Labute approximate surface area is 112 Å². The average Bonchev–Trinajstić information content (AvgIpc) is 2.29. The predicted octanol–water partition coefficient (Wildman–Crippen LogP) is -0.850. The predicted molar refractivity (Wildman–Crippen MR) is 63.4 cm³/mol. The van der Waals surface area contributed by atoms with Crippen LogP contribution in [0.2, 0.25) is 0 Å². The Morgan fingerprint density at radius 1 is 0.950 bits per heavy atom. The second-order valence-corrected chi connectivity index (χ2v) is 3.66. The zero-order chi connectivity index (χ0) is 15.9. The van der Waals surface area contributed by atoms with Crippen molar-refractivity contribution in [3.8, 4) is 0 Å². The van der Waals surface area contributed by atoms with Gasteiger partial charge in [0.05, 0.1) is 12.8 Å². The van der Waals surface area contributed by atoms with Gasteiger partial charge in [-0.3, -0.25) is 14.6 Å².